The molecule has 1 aromatic carbocycles. The fourth-order valence-electron chi connectivity index (χ4n) is 2.87. The summed E-state index contributed by atoms with van der Waals surface area (Å²) in [6.07, 6.45) is 6.94. The van der Waals surface area contributed by atoms with Crippen molar-refractivity contribution in [1.29, 1.82) is 0 Å². The molecular formula is C17H16N4. The lowest BCUT2D eigenvalue weighted by Crippen LogP contribution is -2.23. The van der Waals surface area contributed by atoms with Crippen LogP contribution in [-0.4, -0.2) is 21.1 Å². The number of pyridine rings is 1. The van der Waals surface area contributed by atoms with E-state index in [-0.39, 0.29) is 0 Å². The monoisotopic (exact) mass is 276 g/mol. The number of nitrogens with zero attached hydrogens (tertiary/aromatic N) is 3. The van der Waals surface area contributed by atoms with E-state index in [1.807, 2.05) is 36.7 Å². The van der Waals surface area contributed by atoms with Crippen LogP contribution >= 0.6 is 0 Å². The Kier molecular flexibility index (Phi) is 2.92. The zero-order valence-corrected chi connectivity index (χ0v) is 11.6. The summed E-state index contributed by atoms with van der Waals surface area (Å²) >= 11 is 0. The Morgan fingerprint density at radius 2 is 2.00 bits per heavy atom. The number of nitrogens with one attached hydrogen (secondary N) is 1. The summed E-state index contributed by atoms with van der Waals surface area (Å²) in [5.41, 5.74) is 3.39. The third-order valence-corrected chi connectivity index (χ3v) is 3.91. The normalized spacial score (nSPS) is 17.0. The van der Waals surface area contributed by atoms with E-state index in [4.69, 9.17) is 4.98 Å². The molecule has 0 amide bonds. The van der Waals surface area contributed by atoms with Crippen LogP contribution in [0.15, 0.2) is 61.1 Å². The Hall–Kier alpha value is -2.62. The SMILES string of the molecule is c1ccc(-c2cn3c(n2)NCCC3c2cccnc2)cc1. The average molecular weight is 276 g/mol. The van der Waals surface area contributed by atoms with E-state index < -0.39 is 0 Å². The van der Waals surface area contributed by atoms with Crippen molar-refractivity contribution in [2.24, 2.45) is 0 Å². The van der Waals surface area contributed by atoms with E-state index in [0.717, 1.165) is 30.2 Å². The predicted octanol–water partition coefficient (Wildman–Crippen LogP) is 3.35. The van der Waals surface area contributed by atoms with Crippen molar-refractivity contribution in [2.75, 3.05) is 11.9 Å². The van der Waals surface area contributed by atoms with Crippen LogP contribution < -0.4 is 5.32 Å². The lowest BCUT2D eigenvalue weighted by molar-refractivity contribution is 0.529. The number of anilines is 1. The average Bonchev–Trinajstić information content (AvgIpc) is 3.00. The van der Waals surface area contributed by atoms with Gasteiger partial charge in [0.2, 0.25) is 5.95 Å². The number of imidazole rings is 1. The molecule has 0 aliphatic carbocycles. The summed E-state index contributed by atoms with van der Waals surface area (Å²) in [6, 6.07) is 14.7. The van der Waals surface area contributed by atoms with Crippen molar-refractivity contribution < 1.29 is 0 Å². The van der Waals surface area contributed by atoms with Crippen LogP contribution in [0.3, 0.4) is 0 Å². The van der Waals surface area contributed by atoms with Crippen molar-refractivity contribution in [3.63, 3.8) is 0 Å². The molecule has 0 bridgehead atoms. The fourth-order valence-corrected chi connectivity index (χ4v) is 2.87. The first kappa shape index (κ1) is 12.1. The van der Waals surface area contributed by atoms with Crippen LogP contribution in [0.1, 0.15) is 18.0 Å². The summed E-state index contributed by atoms with van der Waals surface area (Å²) in [4.78, 5) is 8.97. The third-order valence-electron chi connectivity index (χ3n) is 3.91. The smallest absolute Gasteiger partial charge is 0.203 e. The van der Waals surface area contributed by atoms with Crippen LogP contribution in [-0.2, 0) is 0 Å². The molecule has 4 heteroatoms. The van der Waals surface area contributed by atoms with Gasteiger partial charge in [-0.05, 0) is 18.1 Å². The minimum Gasteiger partial charge on any atom is -0.356 e. The molecule has 2 aromatic heterocycles. The Morgan fingerprint density at radius 1 is 1.10 bits per heavy atom. The second-order valence-corrected chi connectivity index (χ2v) is 5.24. The van der Waals surface area contributed by atoms with Gasteiger partial charge in [-0.2, -0.15) is 0 Å². The van der Waals surface area contributed by atoms with E-state index >= 15 is 0 Å². The molecule has 1 N–H and O–H groups in total. The Bertz CT molecular complexity index is 734. The Labute approximate surface area is 123 Å². The first-order valence-electron chi connectivity index (χ1n) is 7.20. The number of hydrogen-bond acceptors (Lipinski definition) is 3. The maximum absolute atomic E-state index is 4.73. The molecule has 1 aliphatic heterocycles. The molecule has 1 unspecified atom stereocenters. The maximum Gasteiger partial charge on any atom is 0.203 e. The Morgan fingerprint density at radius 3 is 2.81 bits per heavy atom. The van der Waals surface area contributed by atoms with Crippen LogP contribution in [0.25, 0.3) is 11.3 Å². The number of benzene rings is 1. The van der Waals surface area contributed by atoms with Crippen LogP contribution in [0, 0.1) is 0 Å². The van der Waals surface area contributed by atoms with Gasteiger partial charge in [0.25, 0.3) is 0 Å². The first-order valence-corrected chi connectivity index (χ1v) is 7.20. The highest BCUT2D eigenvalue weighted by atomic mass is 15.2. The first-order chi connectivity index (χ1) is 10.4. The fraction of sp³-hybridized carbons (Fsp3) is 0.176. The second-order valence-electron chi connectivity index (χ2n) is 5.24. The van der Waals surface area contributed by atoms with Gasteiger partial charge in [-0.25, -0.2) is 4.98 Å². The Balaban J connectivity index is 1.77. The number of fused-ring (bicyclic) bond motifs is 1. The van der Waals surface area contributed by atoms with Gasteiger partial charge in [0.1, 0.15) is 0 Å². The zero-order chi connectivity index (χ0) is 14.1. The molecule has 4 rings (SSSR count). The molecule has 0 saturated heterocycles. The summed E-state index contributed by atoms with van der Waals surface area (Å²) in [5.74, 6) is 0.939. The molecule has 3 heterocycles. The lowest BCUT2D eigenvalue weighted by Gasteiger charge is -2.26. The van der Waals surface area contributed by atoms with Crippen molar-refractivity contribution in [1.82, 2.24) is 14.5 Å². The molecular weight excluding hydrogens is 260 g/mol. The molecule has 4 nitrogen and oxygen atoms in total. The van der Waals surface area contributed by atoms with E-state index in [1.54, 1.807) is 0 Å². The highest BCUT2D eigenvalue weighted by molar-refractivity contribution is 5.61. The molecule has 0 spiro atoms. The van der Waals surface area contributed by atoms with E-state index in [2.05, 4.69) is 39.3 Å². The highest BCUT2D eigenvalue weighted by Crippen LogP contribution is 2.31. The van der Waals surface area contributed by atoms with Crippen LogP contribution in [0.2, 0.25) is 0 Å². The largest absolute Gasteiger partial charge is 0.356 e. The summed E-state index contributed by atoms with van der Waals surface area (Å²) in [7, 11) is 0. The standard InChI is InChI=1S/C17H16N4/c1-2-5-13(6-3-1)15-12-21-16(8-10-19-17(21)20-15)14-7-4-9-18-11-14/h1-7,9,11-12,16H,8,10H2,(H,19,20). The van der Waals surface area contributed by atoms with Crippen LogP contribution in [0.5, 0.6) is 0 Å². The van der Waals surface area contributed by atoms with Crippen molar-refractivity contribution in [3.05, 3.63) is 66.6 Å². The van der Waals surface area contributed by atoms with Crippen molar-refractivity contribution in [3.8, 4) is 11.3 Å². The quantitative estimate of drug-likeness (QED) is 0.780. The minimum atomic E-state index is 0.305. The molecule has 104 valence electrons. The molecule has 1 atom stereocenters. The molecule has 0 fully saturated rings. The summed E-state index contributed by atoms with van der Waals surface area (Å²) < 4.78 is 2.23. The second kappa shape index (κ2) is 5.05. The van der Waals surface area contributed by atoms with Gasteiger partial charge in [0.15, 0.2) is 0 Å². The number of rotatable bonds is 2. The van der Waals surface area contributed by atoms with Gasteiger partial charge in [0.05, 0.1) is 11.7 Å². The zero-order valence-electron chi connectivity index (χ0n) is 11.6. The molecule has 1 aliphatic rings. The molecule has 0 radical (unpaired) electrons. The van der Waals surface area contributed by atoms with E-state index in [0.29, 0.717) is 6.04 Å². The summed E-state index contributed by atoms with van der Waals surface area (Å²) in [6.45, 7) is 0.935. The van der Waals surface area contributed by atoms with Gasteiger partial charge in [0, 0.05) is 30.7 Å². The molecule has 21 heavy (non-hydrogen) atoms. The molecule has 0 saturated carbocycles. The van der Waals surface area contributed by atoms with Gasteiger partial charge in [-0.1, -0.05) is 36.4 Å². The van der Waals surface area contributed by atoms with Gasteiger partial charge in [-0.3, -0.25) is 4.98 Å². The van der Waals surface area contributed by atoms with Gasteiger partial charge < -0.3 is 9.88 Å². The number of aromatic nitrogens is 3. The minimum absolute atomic E-state index is 0.305. The third kappa shape index (κ3) is 2.18. The van der Waals surface area contributed by atoms with E-state index in [1.165, 1.54) is 5.56 Å². The van der Waals surface area contributed by atoms with Crippen molar-refractivity contribution in [2.45, 2.75) is 12.5 Å². The maximum atomic E-state index is 4.73. The topological polar surface area (TPSA) is 42.7 Å². The lowest BCUT2D eigenvalue weighted by atomic mass is 10.0. The molecule has 3 aromatic rings. The van der Waals surface area contributed by atoms with Crippen molar-refractivity contribution >= 4 is 5.95 Å². The number of hydrogen-bond donors (Lipinski definition) is 1. The van der Waals surface area contributed by atoms with E-state index in [9.17, 15) is 0 Å². The predicted molar refractivity (Wildman–Crippen MR) is 83.1 cm³/mol. The van der Waals surface area contributed by atoms with Gasteiger partial charge in [-0.15, -0.1) is 0 Å². The highest BCUT2D eigenvalue weighted by Gasteiger charge is 2.23. The summed E-state index contributed by atoms with van der Waals surface area (Å²) in [5, 5.41) is 3.38. The van der Waals surface area contributed by atoms with Gasteiger partial charge >= 0.3 is 0 Å². The van der Waals surface area contributed by atoms with Crippen LogP contribution in [0.4, 0.5) is 5.95 Å².